The first-order valence-electron chi connectivity index (χ1n) is 6.23. The molecule has 3 fully saturated rings. The first-order chi connectivity index (χ1) is 7.16. The molecule has 1 unspecified atom stereocenters. The number of fused-ring (bicyclic) bond motifs is 2. The molecule has 0 aromatic rings. The molecule has 3 saturated heterocycles. The topological polar surface area (TPSA) is 21.6 Å². The Morgan fingerprint density at radius 2 is 2.27 bits per heavy atom. The van der Waals surface area contributed by atoms with Crippen LogP contribution in [0.2, 0.25) is 0 Å². The Hall–Kier alpha value is -0.505. The van der Waals surface area contributed by atoms with Crippen LogP contribution < -0.4 is 0 Å². The maximum Gasteiger partial charge on any atom is 0.373 e. The summed E-state index contributed by atoms with van der Waals surface area (Å²) in [5, 5.41) is 4.29. The summed E-state index contributed by atoms with van der Waals surface area (Å²) in [4.78, 5) is 5.86. The van der Waals surface area contributed by atoms with E-state index in [1.807, 2.05) is 0 Å². The largest absolute Gasteiger partial charge is 0.396 e. The zero-order valence-corrected chi connectivity index (χ0v) is 9.83. The second-order valence-electron chi connectivity index (χ2n) is 5.84. The van der Waals surface area contributed by atoms with E-state index in [1.165, 1.54) is 42.6 Å². The number of nitrogens with zero attached hydrogens (tertiary/aromatic N) is 2. The number of quaternary nitrogens is 1. The summed E-state index contributed by atoms with van der Waals surface area (Å²) >= 11 is 0. The molecular weight excluding hydrogens is 187 g/mol. The van der Waals surface area contributed by atoms with E-state index in [0.717, 1.165) is 18.8 Å². The maximum absolute atomic E-state index is 5.86. The molecule has 0 amide bonds. The highest BCUT2D eigenvalue weighted by Crippen LogP contribution is 2.45. The number of piperidine rings is 3. The smallest absolute Gasteiger partial charge is 0.373 e. The van der Waals surface area contributed by atoms with Gasteiger partial charge in [0, 0.05) is 25.2 Å². The summed E-state index contributed by atoms with van der Waals surface area (Å²) in [6.07, 6.45) is 4.83. The number of hydrogen-bond donors (Lipinski definition) is 0. The van der Waals surface area contributed by atoms with Crippen LogP contribution in [0.25, 0.3) is 0 Å². The van der Waals surface area contributed by atoms with Gasteiger partial charge in [0.25, 0.3) is 0 Å². The molecule has 3 nitrogen and oxygen atoms in total. The Balaban J connectivity index is 1.84. The normalized spacial score (nSPS) is 48.1. The van der Waals surface area contributed by atoms with Gasteiger partial charge in [0.15, 0.2) is 5.60 Å². The molecule has 1 atom stereocenters. The summed E-state index contributed by atoms with van der Waals surface area (Å²) in [5.41, 5.74) is 1.37. The van der Waals surface area contributed by atoms with E-state index < -0.39 is 0 Å². The van der Waals surface area contributed by atoms with E-state index in [-0.39, 0.29) is 5.60 Å². The molecule has 0 saturated carbocycles. The van der Waals surface area contributed by atoms with E-state index in [1.54, 1.807) is 0 Å². The highest BCUT2D eigenvalue weighted by atomic mass is 16.7. The van der Waals surface area contributed by atoms with Crippen LogP contribution in [0.4, 0.5) is 0 Å². The van der Waals surface area contributed by atoms with Crippen molar-refractivity contribution in [2.45, 2.75) is 38.2 Å². The summed E-state index contributed by atoms with van der Waals surface area (Å²) in [7, 11) is 2.38. The maximum atomic E-state index is 5.86. The minimum Gasteiger partial charge on any atom is -0.396 e. The third-order valence-electron chi connectivity index (χ3n) is 4.70. The lowest BCUT2D eigenvalue weighted by molar-refractivity contribution is -0.846. The van der Waals surface area contributed by atoms with E-state index in [9.17, 15) is 0 Å². The second-order valence-corrected chi connectivity index (χ2v) is 5.84. The fourth-order valence-corrected chi connectivity index (χ4v) is 3.71. The van der Waals surface area contributed by atoms with Gasteiger partial charge in [0.1, 0.15) is 6.54 Å². The fraction of sp³-hybridized carbons (Fsp3) is 0.909. The van der Waals surface area contributed by atoms with Crippen molar-refractivity contribution in [1.29, 1.82) is 0 Å². The number of hydrogen-bond acceptors (Lipinski definition) is 2. The SMILES string of the molecule is B[N+]12CCC(CC1)C1(CC(CC)=NO1)C2. The second kappa shape index (κ2) is 3.00. The van der Waals surface area contributed by atoms with Gasteiger partial charge in [-0.2, -0.15) is 0 Å². The van der Waals surface area contributed by atoms with Crippen LogP contribution in [0.5, 0.6) is 0 Å². The lowest BCUT2D eigenvalue weighted by Gasteiger charge is -2.55. The van der Waals surface area contributed by atoms with Crippen molar-refractivity contribution in [3.63, 3.8) is 0 Å². The molecule has 0 aromatic carbocycles. The molecule has 1 spiro atoms. The molecule has 0 aromatic heterocycles. The van der Waals surface area contributed by atoms with Crippen molar-refractivity contribution < 1.29 is 9.23 Å². The lowest BCUT2D eigenvalue weighted by Crippen LogP contribution is -2.68. The van der Waals surface area contributed by atoms with Gasteiger partial charge >= 0.3 is 7.98 Å². The van der Waals surface area contributed by atoms with Gasteiger partial charge in [-0.1, -0.05) is 12.1 Å². The molecule has 4 heterocycles. The standard InChI is InChI=1S/C11H20BN2O/c1-2-10-7-11(15-13-10)8-14(12)5-3-9(11)4-6-14/h9H,2-8,12H2,1H3/q+1. The van der Waals surface area contributed by atoms with Crippen LogP contribution in [-0.4, -0.2) is 43.3 Å². The lowest BCUT2D eigenvalue weighted by atomic mass is 9.70. The highest BCUT2D eigenvalue weighted by molar-refractivity contribution is 5.97. The molecule has 4 heteroatoms. The van der Waals surface area contributed by atoms with Crippen LogP contribution in [0.3, 0.4) is 0 Å². The Morgan fingerprint density at radius 1 is 1.53 bits per heavy atom. The Morgan fingerprint density at radius 3 is 2.80 bits per heavy atom. The van der Waals surface area contributed by atoms with Crippen LogP contribution >= 0.6 is 0 Å². The van der Waals surface area contributed by atoms with Crippen molar-refractivity contribution in [2.24, 2.45) is 11.1 Å². The predicted molar refractivity (Wildman–Crippen MR) is 62.3 cm³/mol. The Kier molecular flexibility index (Phi) is 1.94. The van der Waals surface area contributed by atoms with Crippen LogP contribution in [0.15, 0.2) is 5.16 Å². The average molecular weight is 207 g/mol. The van der Waals surface area contributed by atoms with Gasteiger partial charge in [-0.15, -0.1) is 0 Å². The molecule has 4 aliphatic heterocycles. The van der Waals surface area contributed by atoms with Gasteiger partial charge < -0.3 is 9.23 Å². The van der Waals surface area contributed by atoms with E-state index in [4.69, 9.17) is 4.84 Å². The molecule has 4 rings (SSSR count). The highest BCUT2D eigenvalue weighted by Gasteiger charge is 2.57. The number of oxime groups is 1. The van der Waals surface area contributed by atoms with Crippen molar-refractivity contribution in [3.05, 3.63) is 0 Å². The molecule has 4 aliphatic rings. The van der Waals surface area contributed by atoms with Crippen molar-refractivity contribution >= 4 is 13.7 Å². The molecule has 0 radical (unpaired) electrons. The zero-order valence-electron chi connectivity index (χ0n) is 9.83. The Labute approximate surface area is 92.5 Å². The monoisotopic (exact) mass is 207 g/mol. The van der Waals surface area contributed by atoms with Crippen molar-refractivity contribution in [1.82, 2.24) is 0 Å². The molecule has 0 N–H and O–H groups in total. The van der Waals surface area contributed by atoms with Crippen LogP contribution in [0, 0.1) is 5.92 Å². The zero-order chi connectivity index (χ0) is 10.5. The van der Waals surface area contributed by atoms with E-state index in [2.05, 4.69) is 20.1 Å². The molecule has 2 bridgehead atoms. The summed E-state index contributed by atoms with van der Waals surface area (Å²) in [6, 6.07) is 0. The van der Waals surface area contributed by atoms with Gasteiger partial charge in [-0.3, -0.25) is 0 Å². The fourth-order valence-electron chi connectivity index (χ4n) is 3.71. The summed E-state index contributed by atoms with van der Waals surface area (Å²) in [6.45, 7) is 6.05. The van der Waals surface area contributed by atoms with Crippen LogP contribution in [-0.2, 0) is 4.84 Å². The summed E-state index contributed by atoms with van der Waals surface area (Å²) < 4.78 is 1.21. The molecule has 15 heavy (non-hydrogen) atoms. The molecular formula is C11H20BN2O+. The molecule has 0 aliphatic carbocycles. The van der Waals surface area contributed by atoms with Gasteiger partial charge in [0.05, 0.1) is 18.8 Å². The number of rotatable bonds is 1. The third-order valence-corrected chi connectivity index (χ3v) is 4.70. The molecule has 82 valence electrons. The quantitative estimate of drug-likeness (QED) is 0.580. The van der Waals surface area contributed by atoms with Crippen LogP contribution in [0.1, 0.15) is 32.6 Å². The minimum atomic E-state index is 0.0938. The first kappa shape index (κ1) is 9.70. The van der Waals surface area contributed by atoms with Gasteiger partial charge in [-0.25, -0.2) is 0 Å². The van der Waals surface area contributed by atoms with Crippen molar-refractivity contribution in [2.75, 3.05) is 19.6 Å². The van der Waals surface area contributed by atoms with Gasteiger partial charge in [0.2, 0.25) is 0 Å². The minimum absolute atomic E-state index is 0.0938. The van der Waals surface area contributed by atoms with E-state index in [0.29, 0.717) is 0 Å². The van der Waals surface area contributed by atoms with Crippen molar-refractivity contribution in [3.8, 4) is 0 Å². The Bertz CT molecular complexity index is 310. The van der Waals surface area contributed by atoms with E-state index >= 15 is 0 Å². The van der Waals surface area contributed by atoms with Gasteiger partial charge in [-0.05, 0) is 6.42 Å². The average Bonchev–Trinajstić information content (AvgIpc) is 2.62. The summed E-state index contributed by atoms with van der Waals surface area (Å²) in [5.74, 6) is 0.769. The predicted octanol–water partition coefficient (Wildman–Crippen LogP) is 0.700. The third kappa shape index (κ3) is 1.34. The first-order valence-corrected chi connectivity index (χ1v) is 6.23.